The number of carbonyl (C=O) groups is 2. The first-order chi connectivity index (χ1) is 8.90. The molecular formula is C12H16N2O4S. The Hall–Kier alpha value is -1.47. The van der Waals surface area contributed by atoms with Gasteiger partial charge in [-0.2, -0.15) is 0 Å². The Morgan fingerprint density at radius 3 is 2.68 bits per heavy atom. The zero-order valence-electron chi connectivity index (χ0n) is 11.0. The number of carbonyl (C=O) groups excluding carboxylic acids is 1. The summed E-state index contributed by atoms with van der Waals surface area (Å²) in [6.45, 7) is 6.51. The molecule has 1 N–H and O–H groups in total. The van der Waals surface area contributed by atoms with Crippen LogP contribution in [0.5, 0.6) is 0 Å². The van der Waals surface area contributed by atoms with Gasteiger partial charge in [-0.1, -0.05) is 11.3 Å². The van der Waals surface area contributed by atoms with Crippen molar-refractivity contribution in [2.24, 2.45) is 0 Å². The van der Waals surface area contributed by atoms with Crippen molar-refractivity contribution >= 4 is 28.2 Å². The van der Waals surface area contributed by atoms with E-state index in [4.69, 9.17) is 9.84 Å². The molecule has 0 bridgehead atoms. The van der Waals surface area contributed by atoms with Crippen molar-refractivity contribution in [2.75, 3.05) is 18.1 Å². The summed E-state index contributed by atoms with van der Waals surface area (Å²) in [6.07, 6.45) is 0.0640. The SMILES string of the molecule is CC(=O)c1sc(N2CC(C)OCC2C)nc1C(=O)O. The summed E-state index contributed by atoms with van der Waals surface area (Å²) >= 11 is 1.14. The zero-order chi connectivity index (χ0) is 14.2. The Morgan fingerprint density at radius 1 is 1.47 bits per heavy atom. The first kappa shape index (κ1) is 14.0. The molecule has 1 saturated heterocycles. The Labute approximate surface area is 115 Å². The van der Waals surface area contributed by atoms with Crippen LogP contribution < -0.4 is 4.90 Å². The third-order valence-electron chi connectivity index (χ3n) is 2.99. The summed E-state index contributed by atoms with van der Waals surface area (Å²) < 4.78 is 5.53. The second-order valence-electron chi connectivity index (χ2n) is 4.68. The minimum atomic E-state index is -1.17. The van der Waals surface area contributed by atoms with Gasteiger partial charge in [0, 0.05) is 13.5 Å². The molecule has 2 heterocycles. The minimum absolute atomic E-state index is 0.0640. The van der Waals surface area contributed by atoms with E-state index in [-0.39, 0.29) is 28.5 Å². The predicted octanol–water partition coefficient (Wildman–Crippen LogP) is 1.66. The first-order valence-corrected chi connectivity index (χ1v) is 6.85. The number of rotatable bonds is 3. The van der Waals surface area contributed by atoms with Crippen LogP contribution in [0.15, 0.2) is 0 Å². The van der Waals surface area contributed by atoms with Crippen molar-refractivity contribution < 1.29 is 19.4 Å². The molecule has 1 aliphatic heterocycles. The maximum Gasteiger partial charge on any atom is 0.356 e. The lowest BCUT2D eigenvalue weighted by atomic mass is 10.2. The van der Waals surface area contributed by atoms with Crippen LogP contribution >= 0.6 is 11.3 Å². The fourth-order valence-electron chi connectivity index (χ4n) is 1.99. The molecule has 2 rings (SSSR count). The van der Waals surface area contributed by atoms with Gasteiger partial charge in [-0.25, -0.2) is 9.78 Å². The van der Waals surface area contributed by atoms with Gasteiger partial charge in [-0.3, -0.25) is 4.79 Å². The summed E-state index contributed by atoms with van der Waals surface area (Å²) in [5.74, 6) is -1.43. The summed E-state index contributed by atoms with van der Waals surface area (Å²) in [6, 6.07) is 0.115. The van der Waals surface area contributed by atoms with Gasteiger partial charge in [-0.15, -0.1) is 0 Å². The maximum atomic E-state index is 11.5. The highest BCUT2D eigenvalue weighted by Gasteiger charge is 2.29. The number of carboxylic acid groups (broad SMARTS) is 1. The molecule has 0 radical (unpaired) electrons. The molecule has 1 aromatic heterocycles. The molecule has 0 saturated carbocycles. The van der Waals surface area contributed by atoms with Gasteiger partial charge in [-0.05, 0) is 13.8 Å². The highest BCUT2D eigenvalue weighted by Crippen LogP contribution is 2.30. The number of ketones is 1. The average molecular weight is 284 g/mol. The molecule has 19 heavy (non-hydrogen) atoms. The van der Waals surface area contributed by atoms with Gasteiger partial charge in [0.25, 0.3) is 0 Å². The number of hydrogen-bond acceptors (Lipinski definition) is 6. The average Bonchev–Trinajstić information content (AvgIpc) is 2.77. The number of anilines is 1. The van der Waals surface area contributed by atoms with Crippen LogP contribution in [0.25, 0.3) is 0 Å². The highest BCUT2D eigenvalue weighted by atomic mass is 32.1. The van der Waals surface area contributed by atoms with E-state index in [1.165, 1.54) is 6.92 Å². The van der Waals surface area contributed by atoms with E-state index in [0.717, 1.165) is 11.3 Å². The van der Waals surface area contributed by atoms with Gasteiger partial charge in [0.2, 0.25) is 0 Å². The van der Waals surface area contributed by atoms with Gasteiger partial charge in [0.15, 0.2) is 16.6 Å². The van der Waals surface area contributed by atoms with Crippen molar-refractivity contribution in [2.45, 2.75) is 32.9 Å². The van der Waals surface area contributed by atoms with Crippen LogP contribution in [0, 0.1) is 0 Å². The molecule has 2 unspecified atom stereocenters. The normalized spacial score (nSPS) is 23.4. The lowest BCUT2D eigenvalue weighted by Gasteiger charge is -2.36. The molecule has 2 atom stereocenters. The van der Waals surface area contributed by atoms with Crippen LogP contribution in [0.4, 0.5) is 5.13 Å². The number of morpholine rings is 1. The molecular weight excluding hydrogens is 268 g/mol. The molecule has 0 spiro atoms. The number of hydrogen-bond donors (Lipinski definition) is 1. The number of aromatic carboxylic acids is 1. The van der Waals surface area contributed by atoms with E-state index in [1.54, 1.807) is 0 Å². The largest absolute Gasteiger partial charge is 0.476 e. The van der Waals surface area contributed by atoms with Crippen LogP contribution in [-0.2, 0) is 4.74 Å². The first-order valence-electron chi connectivity index (χ1n) is 6.03. The number of nitrogens with zero attached hydrogens (tertiary/aromatic N) is 2. The smallest absolute Gasteiger partial charge is 0.356 e. The molecule has 7 heteroatoms. The topological polar surface area (TPSA) is 79.7 Å². The molecule has 1 aliphatic rings. The van der Waals surface area contributed by atoms with Crippen molar-refractivity contribution in [1.29, 1.82) is 0 Å². The third kappa shape index (κ3) is 2.76. The van der Waals surface area contributed by atoms with Gasteiger partial charge in [0.1, 0.15) is 4.88 Å². The van der Waals surface area contributed by atoms with Gasteiger partial charge >= 0.3 is 5.97 Å². The third-order valence-corrected chi connectivity index (χ3v) is 4.19. The Morgan fingerprint density at radius 2 is 2.16 bits per heavy atom. The molecule has 6 nitrogen and oxygen atoms in total. The number of thiazole rings is 1. The summed E-state index contributed by atoms with van der Waals surface area (Å²) in [7, 11) is 0. The number of Topliss-reactive ketones (excluding diaryl/α,β-unsaturated/α-hetero) is 1. The van der Waals surface area contributed by atoms with Crippen LogP contribution in [0.1, 0.15) is 40.9 Å². The number of aromatic nitrogens is 1. The van der Waals surface area contributed by atoms with E-state index in [0.29, 0.717) is 18.3 Å². The van der Waals surface area contributed by atoms with Gasteiger partial charge in [0.05, 0.1) is 18.8 Å². The number of ether oxygens (including phenoxy) is 1. The summed E-state index contributed by atoms with van der Waals surface area (Å²) in [5.41, 5.74) is -0.154. The van der Waals surface area contributed by atoms with E-state index < -0.39 is 5.97 Å². The van der Waals surface area contributed by atoms with Gasteiger partial charge < -0.3 is 14.7 Å². The zero-order valence-corrected chi connectivity index (χ0v) is 11.9. The second kappa shape index (κ2) is 5.26. The molecule has 1 aromatic rings. The van der Waals surface area contributed by atoms with Crippen molar-refractivity contribution in [1.82, 2.24) is 4.98 Å². The van der Waals surface area contributed by atoms with Crippen LogP contribution in [-0.4, -0.2) is 47.1 Å². The van der Waals surface area contributed by atoms with E-state index in [2.05, 4.69) is 4.98 Å². The van der Waals surface area contributed by atoms with Crippen molar-refractivity contribution in [3.8, 4) is 0 Å². The number of carboxylic acids is 1. The van der Waals surface area contributed by atoms with E-state index >= 15 is 0 Å². The monoisotopic (exact) mass is 284 g/mol. The van der Waals surface area contributed by atoms with Crippen LogP contribution in [0.3, 0.4) is 0 Å². The highest BCUT2D eigenvalue weighted by molar-refractivity contribution is 7.17. The minimum Gasteiger partial charge on any atom is -0.476 e. The van der Waals surface area contributed by atoms with Crippen molar-refractivity contribution in [3.05, 3.63) is 10.6 Å². The predicted molar refractivity (Wildman–Crippen MR) is 71.3 cm³/mol. The Kier molecular flexibility index (Phi) is 3.86. The standard InChI is InChI=1S/C12H16N2O4S/c1-6-5-18-7(2)4-14(6)12-13-9(11(16)17)10(19-12)8(3)15/h6-7H,4-5H2,1-3H3,(H,16,17). The lowest BCUT2D eigenvalue weighted by Crippen LogP contribution is -2.47. The Balaban J connectivity index is 2.37. The van der Waals surface area contributed by atoms with E-state index in [9.17, 15) is 9.59 Å². The summed E-state index contributed by atoms with van der Waals surface area (Å²) in [5, 5.41) is 9.67. The fourth-order valence-corrected chi connectivity index (χ4v) is 3.05. The fraction of sp³-hybridized carbons (Fsp3) is 0.583. The second-order valence-corrected chi connectivity index (χ2v) is 5.66. The molecule has 104 valence electrons. The lowest BCUT2D eigenvalue weighted by molar-refractivity contribution is 0.0343. The van der Waals surface area contributed by atoms with Crippen molar-refractivity contribution in [3.63, 3.8) is 0 Å². The molecule has 1 fully saturated rings. The molecule has 0 amide bonds. The van der Waals surface area contributed by atoms with Crippen LogP contribution in [0.2, 0.25) is 0 Å². The molecule has 0 aliphatic carbocycles. The molecule has 0 aromatic carbocycles. The Bertz CT molecular complexity index is 482. The maximum absolute atomic E-state index is 11.5. The summed E-state index contributed by atoms with van der Waals surface area (Å²) in [4.78, 5) is 28.9. The van der Waals surface area contributed by atoms with E-state index in [1.807, 2.05) is 18.7 Å². The quantitative estimate of drug-likeness (QED) is 0.850.